The van der Waals surface area contributed by atoms with E-state index in [1.165, 1.54) is 0 Å². The van der Waals surface area contributed by atoms with Crippen LogP contribution in [0.15, 0.2) is 24.8 Å². The number of aromatic nitrogens is 4. The number of hydrogen-bond donors (Lipinski definition) is 1. The molecule has 2 aromatic rings. The number of nitrogens with one attached hydrogen (secondary N) is 1. The van der Waals surface area contributed by atoms with Gasteiger partial charge in [0.15, 0.2) is 5.82 Å². The van der Waals surface area contributed by atoms with E-state index in [1.54, 1.807) is 18.6 Å². The monoisotopic (exact) mass is 217 g/mol. The zero-order chi connectivity index (χ0) is 11.4. The second-order valence-corrected chi connectivity index (χ2v) is 3.36. The molecule has 0 fully saturated rings. The summed E-state index contributed by atoms with van der Waals surface area (Å²) in [7, 11) is 0. The summed E-state index contributed by atoms with van der Waals surface area (Å²) in [5.74, 6) is 1.64. The molecule has 0 unspecified atom stereocenters. The number of imidazole rings is 1. The van der Waals surface area contributed by atoms with Crippen LogP contribution in [0, 0.1) is 0 Å². The summed E-state index contributed by atoms with van der Waals surface area (Å²) in [4.78, 5) is 12.9. The van der Waals surface area contributed by atoms with Crippen molar-refractivity contribution in [2.45, 2.75) is 20.4 Å². The third kappa shape index (κ3) is 2.03. The summed E-state index contributed by atoms with van der Waals surface area (Å²) < 4.78 is 2.04. The molecule has 0 amide bonds. The van der Waals surface area contributed by atoms with Crippen molar-refractivity contribution in [3.63, 3.8) is 0 Å². The molecule has 0 atom stereocenters. The van der Waals surface area contributed by atoms with Crippen LogP contribution in [-0.4, -0.2) is 26.1 Å². The van der Waals surface area contributed by atoms with Gasteiger partial charge in [0, 0.05) is 25.5 Å². The van der Waals surface area contributed by atoms with Crippen LogP contribution in [0.2, 0.25) is 0 Å². The van der Waals surface area contributed by atoms with Gasteiger partial charge < -0.3 is 9.88 Å². The van der Waals surface area contributed by atoms with Crippen LogP contribution in [-0.2, 0) is 6.54 Å². The first-order chi connectivity index (χ1) is 7.85. The first kappa shape index (κ1) is 10.6. The van der Waals surface area contributed by atoms with Crippen LogP contribution in [0.25, 0.3) is 11.5 Å². The minimum atomic E-state index is 0.783. The van der Waals surface area contributed by atoms with Gasteiger partial charge in [-0.25, -0.2) is 9.97 Å². The summed E-state index contributed by atoms with van der Waals surface area (Å²) in [6, 6.07) is 0. The van der Waals surface area contributed by atoms with E-state index >= 15 is 0 Å². The highest BCUT2D eigenvalue weighted by Gasteiger charge is 2.07. The van der Waals surface area contributed by atoms with E-state index < -0.39 is 0 Å². The van der Waals surface area contributed by atoms with Crippen LogP contribution in [0.1, 0.15) is 13.8 Å². The lowest BCUT2D eigenvalue weighted by atomic mass is 10.4. The van der Waals surface area contributed by atoms with Crippen molar-refractivity contribution in [3.8, 4) is 11.5 Å². The highest BCUT2D eigenvalue weighted by molar-refractivity contribution is 5.51. The Labute approximate surface area is 94.6 Å². The standard InChI is InChI=1S/C11H15N5/c1-3-13-10-8-12-7-9(15-10)11-14-5-6-16(11)4-2/h5-8H,3-4H2,1-2H3,(H,13,15). The smallest absolute Gasteiger partial charge is 0.160 e. The Bertz CT molecular complexity index is 463. The molecular formula is C11H15N5. The number of hydrogen-bond acceptors (Lipinski definition) is 4. The van der Waals surface area contributed by atoms with Gasteiger partial charge in [0.2, 0.25) is 0 Å². The minimum absolute atomic E-state index is 0.783. The molecule has 0 aliphatic rings. The summed E-state index contributed by atoms with van der Waals surface area (Å²) in [5.41, 5.74) is 0.797. The van der Waals surface area contributed by atoms with Gasteiger partial charge in [-0.1, -0.05) is 0 Å². The fourth-order valence-electron chi connectivity index (χ4n) is 1.54. The van der Waals surface area contributed by atoms with Crippen molar-refractivity contribution in [1.29, 1.82) is 0 Å². The fraction of sp³-hybridized carbons (Fsp3) is 0.364. The predicted molar refractivity (Wildman–Crippen MR) is 63.1 cm³/mol. The summed E-state index contributed by atoms with van der Waals surface area (Å²) in [6.07, 6.45) is 7.17. The van der Waals surface area contributed by atoms with Gasteiger partial charge in [0.25, 0.3) is 0 Å². The maximum Gasteiger partial charge on any atom is 0.160 e. The van der Waals surface area contributed by atoms with E-state index in [4.69, 9.17) is 0 Å². The molecule has 0 spiro atoms. The van der Waals surface area contributed by atoms with E-state index in [0.717, 1.165) is 30.4 Å². The third-order valence-electron chi connectivity index (χ3n) is 2.28. The summed E-state index contributed by atoms with van der Waals surface area (Å²) in [6.45, 7) is 5.82. The Kier molecular flexibility index (Phi) is 3.14. The largest absolute Gasteiger partial charge is 0.369 e. The third-order valence-corrected chi connectivity index (χ3v) is 2.28. The van der Waals surface area contributed by atoms with Crippen molar-refractivity contribution >= 4 is 5.82 Å². The average Bonchev–Trinajstić information content (AvgIpc) is 2.78. The first-order valence-electron chi connectivity index (χ1n) is 5.42. The fourth-order valence-corrected chi connectivity index (χ4v) is 1.54. The molecule has 5 nitrogen and oxygen atoms in total. The Morgan fingerprint density at radius 3 is 2.94 bits per heavy atom. The molecule has 2 rings (SSSR count). The molecule has 2 aromatic heterocycles. The lowest BCUT2D eigenvalue weighted by Gasteiger charge is -2.06. The molecule has 84 valence electrons. The zero-order valence-corrected chi connectivity index (χ0v) is 9.51. The maximum atomic E-state index is 4.46. The maximum absolute atomic E-state index is 4.46. The zero-order valence-electron chi connectivity index (χ0n) is 9.51. The normalized spacial score (nSPS) is 10.4. The summed E-state index contributed by atoms with van der Waals surface area (Å²) >= 11 is 0. The van der Waals surface area contributed by atoms with Crippen LogP contribution in [0.5, 0.6) is 0 Å². The molecule has 5 heteroatoms. The van der Waals surface area contributed by atoms with Crippen LogP contribution >= 0.6 is 0 Å². The molecule has 0 bridgehead atoms. The Morgan fingerprint density at radius 2 is 2.19 bits per heavy atom. The van der Waals surface area contributed by atoms with E-state index in [0.29, 0.717) is 0 Å². The van der Waals surface area contributed by atoms with Crippen molar-refractivity contribution in [2.75, 3.05) is 11.9 Å². The molecule has 16 heavy (non-hydrogen) atoms. The topological polar surface area (TPSA) is 55.6 Å². The molecule has 0 radical (unpaired) electrons. The highest BCUT2D eigenvalue weighted by atomic mass is 15.1. The van der Waals surface area contributed by atoms with Crippen molar-refractivity contribution in [1.82, 2.24) is 19.5 Å². The molecule has 0 aliphatic carbocycles. The lowest BCUT2D eigenvalue weighted by molar-refractivity contribution is 0.767. The Morgan fingerprint density at radius 1 is 1.31 bits per heavy atom. The molecule has 0 aromatic carbocycles. The molecule has 2 heterocycles. The number of nitrogens with zero attached hydrogens (tertiary/aromatic N) is 4. The number of aryl methyl sites for hydroxylation is 1. The van der Waals surface area contributed by atoms with Crippen molar-refractivity contribution in [3.05, 3.63) is 24.8 Å². The quantitative estimate of drug-likeness (QED) is 0.848. The van der Waals surface area contributed by atoms with Gasteiger partial charge in [-0.3, -0.25) is 4.98 Å². The van der Waals surface area contributed by atoms with Crippen molar-refractivity contribution < 1.29 is 0 Å². The van der Waals surface area contributed by atoms with Gasteiger partial charge in [0.05, 0.1) is 12.4 Å². The minimum Gasteiger partial charge on any atom is -0.369 e. The Balaban J connectivity index is 2.36. The number of rotatable bonds is 4. The Hall–Kier alpha value is -1.91. The van der Waals surface area contributed by atoms with Gasteiger partial charge in [-0.15, -0.1) is 0 Å². The predicted octanol–water partition coefficient (Wildman–Crippen LogP) is 1.79. The van der Waals surface area contributed by atoms with Crippen molar-refractivity contribution in [2.24, 2.45) is 0 Å². The second-order valence-electron chi connectivity index (χ2n) is 3.36. The lowest BCUT2D eigenvalue weighted by Crippen LogP contribution is -2.03. The SMILES string of the molecule is CCNc1cncc(-c2nccn2CC)n1. The molecule has 0 saturated heterocycles. The molecule has 0 aliphatic heterocycles. The number of anilines is 1. The average molecular weight is 217 g/mol. The van der Waals surface area contributed by atoms with Gasteiger partial charge in [-0.2, -0.15) is 0 Å². The van der Waals surface area contributed by atoms with E-state index in [2.05, 4.69) is 27.2 Å². The molecular weight excluding hydrogens is 202 g/mol. The van der Waals surface area contributed by atoms with Gasteiger partial charge in [-0.05, 0) is 13.8 Å². The van der Waals surface area contributed by atoms with Crippen LogP contribution < -0.4 is 5.32 Å². The van der Waals surface area contributed by atoms with Gasteiger partial charge >= 0.3 is 0 Å². The van der Waals surface area contributed by atoms with E-state index in [-0.39, 0.29) is 0 Å². The van der Waals surface area contributed by atoms with Crippen LogP contribution in [0.4, 0.5) is 5.82 Å². The van der Waals surface area contributed by atoms with E-state index in [9.17, 15) is 0 Å². The van der Waals surface area contributed by atoms with E-state index in [1.807, 2.05) is 17.7 Å². The second kappa shape index (κ2) is 4.74. The molecule has 1 N–H and O–H groups in total. The van der Waals surface area contributed by atoms with Gasteiger partial charge in [0.1, 0.15) is 11.5 Å². The molecule has 0 saturated carbocycles. The van der Waals surface area contributed by atoms with Crippen LogP contribution in [0.3, 0.4) is 0 Å². The first-order valence-corrected chi connectivity index (χ1v) is 5.42. The highest BCUT2D eigenvalue weighted by Crippen LogP contribution is 2.15. The summed E-state index contributed by atoms with van der Waals surface area (Å²) in [5, 5.41) is 3.14.